The Morgan fingerprint density at radius 2 is 1.77 bits per heavy atom. The standard InChI is InChI=1S/C8H7F3OS/c1-12-4-3-5(13-2)7(10)8(11)6(4)9/h3H,1-2H3. The van der Waals surface area contributed by atoms with Crippen molar-refractivity contribution in [3.05, 3.63) is 23.5 Å². The third-order valence-electron chi connectivity index (χ3n) is 1.52. The van der Waals surface area contributed by atoms with Crippen molar-refractivity contribution in [2.24, 2.45) is 0 Å². The molecule has 0 aliphatic heterocycles. The lowest BCUT2D eigenvalue weighted by molar-refractivity contribution is 0.355. The highest BCUT2D eigenvalue weighted by atomic mass is 32.2. The predicted octanol–water partition coefficient (Wildman–Crippen LogP) is 2.83. The van der Waals surface area contributed by atoms with Crippen LogP contribution >= 0.6 is 11.8 Å². The van der Waals surface area contributed by atoms with Crippen molar-refractivity contribution in [2.75, 3.05) is 13.4 Å². The number of halogens is 3. The Morgan fingerprint density at radius 1 is 1.15 bits per heavy atom. The lowest BCUT2D eigenvalue weighted by Crippen LogP contribution is -1.97. The second kappa shape index (κ2) is 3.91. The summed E-state index contributed by atoms with van der Waals surface area (Å²) in [5.41, 5.74) is 0. The highest BCUT2D eigenvalue weighted by Gasteiger charge is 2.18. The second-order valence-corrected chi connectivity index (χ2v) is 3.07. The third kappa shape index (κ3) is 1.75. The Balaban J connectivity index is 3.36. The Bertz CT molecular complexity index is 299. The first-order valence-electron chi connectivity index (χ1n) is 3.37. The van der Waals surface area contributed by atoms with Crippen molar-refractivity contribution < 1.29 is 17.9 Å². The number of thioether (sulfide) groups is 1. The number of methoxy groups -OCH3 is 1. The molecule has 0 aromatic heterocycles. The summed E-state index contributed by atoms with van der Waals surface area (Å²) in [4.78, 5) is 0.0238. The normalized spacial score (nSPS) is 10.2. The van der Waals surface area contributed by atoms with Crippen LogP contribution < -0.4 is 4.74 Å². The van der Waals surface area contributed by atoms with Crippen LogP contribution in [0.1, 0.15) is 0 Å². The molecule has 0 heterocycles. The Labute approximate surface area is 77.9 Å². The molecule has 0 spiro atoms. The molecule has 13 heavy (non-hydrogen) atoms. The lowest BCUT2D eigenvalue weighted by atomic mass is 10.3. The molecule has 0 saturated carbocycles. The van der Waals surface area contributed by atoms with E-state index in [2.05, 4.69) is 4.74 Å². The number of hydrogen-bond donors (Lipinski definition) is 0. The molecular weight excluding hydrogens is 201 g/mol. The molecule has 0 aliphatic carbocycles. The molecular formula is C8H7F3OS. The molecule has 0 fully saturated rings. The molecule has 0 aliphatic rings. The van der Waals surface area contributed by atoms with E-state index in [4.69, 9.17) is 0 Å². The number of ether oxygens (including phenoxy) is 1. The molecule has 0 saturated heterocycles. The zero-order chi connectivity index (χ0) is 10.0. The van der Waals surface area contributed by atoms with Gasteiger partial charge in [-0.15, -0.1) is 11.8 Å². The van der Waals surface area contributed by atoms with Crippen LogP contribution in [0.4, 0.5) is 13.2 Å². The molecule has 0 unspecified atom stereocenters. The molecule has 1 nitrogen and oxygen atoms in total. The highest BCUT2D eigenvalue weighted by molar-refractivity contribution is 7.98. The Hall–Kier alpha value is -0.840. The van der Waals surface area contributed by atoms with Crippen LogP contribution in [-0.2, 0) is 0 Å². The molecule has 0 radical (unpaired) electrons. The fraction of sp³-hybridized carbons (Fsp3) is 0.250. The minimum absolute atomic E-state index is 0.0238. The van der Waals surface area contributed by atoms with Gasteiger partial charge in [0.15, 0.2) is 17.4 Å². The van der Waals surface area contributed by atoms with Crippen molar-refractivity contribution >= 4 is 11.8 Å². The summed E-state index contributed by atoms with van der Waals surface area (Å²) in [5.74, 6) is -4.25. The largest absolute Gasteiger partial charge is 0.494 e. The molecule has 0 atom stereocenters. The van der Waals surface area contributed by atoms with E-state index in [9.17, 15) is 13.2 Å². The fourth-order valence-corrected chi connectivity index (χ4v) is 1.35. The fourth-order valence-electron chi connectivity index (χ4n) is 0.856. The molecule has 1 rings (SSSR count). The summed E-state index contributed by atoms with van der Waals surface area (Å²) in [6, 6.07) is 1.12. The summed E-state index contributed by atoms with van der Waals surface area (Å²) in [6.07, 6.45) is 1.56. The van der Waals surface area contributed by atoms with Crippen molar-refractivity contribution in [1.82, 2.24) is 0 Å². The van der Waals surface area contributed by atoms with E-state index in [0.717, 1.165) is 17.8 Å². The maximum atomic E-state index is 12.9. The van der Waals surface area contributed by atoms with Crippen LogP contribution in [0.3, 0.4) is 0 Å². The average molecular weight is 208 g/mol. The quantitative estimate of drug-likeness (QED) is 0.546. The zero-order valence-electron chi connectivity index (χ0n) is 7.03. The van der Waals surface area contributed by atoms with Gasteiger partial charge < -0.3 is 4.74 Å². The van der Waals surface area contributed by atoms with E-state index in [1.54, 1.807) is 6.26 Å². The summed E-state index contributed by atoms with van der Waals surface area (Å²) in [5, 5.41) is 0. The monoisotopic (exact) mass is 208 g/mol. The van der Waals surface area contributed by atoms with E-state index in [0.29, 0.717) is 0 Å². The van der Waals surface area contributed by atoms with E-state index in [-0.39, 0.29) is 10.6 Å². The third-order valence-corrected chi connectivity index (χ3v) is 2.26. The van der Waals surface area contributed by atoms with Crippen LogP contribution in [0, 0.1) is 17.5 Å². The minimum Gasteiger partial charge on any atom is -0.494 e. The summed E-state index contributed by atoms with van der Waals surface area (Å²) < 4.78 is 43.0. The van der Waals surface area contributed by atoms with E-state index in [1.165, 1.54) is 7.11 Å². The van der Waals surface area contributed by atoms with E-state index in [1.807, 2.05) is 0 Å². The Morgan fingerprint density at radius 3 is 2.23 bits per heavy atom. The van der Waals surface area contributed by atoms with Gasteiger partial charge >= 0.3 is 0 Å². The second-order valence-electron chi connectivity index (χ2n) is 2.22. The molecule has 1 aromatic carbocycles. The molecule has 72 valence electrons. The molecule has 5 heteroatoms. The van der Waals surface area contributed by atoms with Gasteiger partial charge in [-0.3, -0.25) is 0 Å². The maximum absolute atomic E-state index is 12.9. The van der Waals surface area contributed by atoms with Gasteiger partial charge in [0.2, 0.25) is 5.82 Å². The van der Waals surface area contributed by atoms with E-state index < -0.39 is 17.5 Å². The van der Waals surface area contributed by atoms with Crippen molar-refractivity contribution in [1.29, 1.82) is 0 Å². The summed E-state index contributed by atoms with van der Waals surface area (Å²) in [6.45, 7) is 0. The van der Waals surface area contributed by atoms with Gasteiger partial charge in [0.1, 0.15) is 0 Å². The van der Waals surface area contributed by atoms with Crippen LogP contribution in [0.5, 0.6) is 5.75 Å². The van der Waals surface area contributed by atoms with E-state index >= 15 is 0 Å². The average Bonchev–Trinajstić information content (AvgIpc) is 2.15. The van der Waals surface area contributed by atoms with Gasteiger partial charge in [0.25, 0.3) is 0 Å². The molecule has 0 N–H and O–H groups in total. The first kappa shape index (κ1) is 10.2. The predicted molar refractivity (Wildman–Crippen MR) is 44.6 cm³/mol. The van der Waals surface area contributed by atoms with Crippen LogP contribution in [-0.4, -0.2) is 13.4 Å². The highest BCUT2D eigenvalue weighted by Crippen LogP contribution is 2.29. The lowest BCUT2D eigenvalue weighted by Gasteiger charge is -2.06. The molecule has 0 bridgehead atoms. The smallest absolute Gasteiger partial charge is 0.203 e. The van der Waals surface area contributed by atoms with Gasteiger partial charge in [-0.25, -0.2) is 8.78 Å². The van der Waals surface area contributed by atoms with Gasteiger partial charge in [0, 0.05) is 4.90 Å². The number of rotatable bonds is 2. The van der Waals surface area contributed by atoms with Crippen LogP contribution in [0.25, 0.3) is 0 Å². The summed E-state index contributed by atoms with van der Waals surface area (Å²) in [7, 11) is 1.19. The van der Waals surface area contributed by atoms with Crippen molar-refractivity contribution in [2.45, 2.75) is 4.90 Å². The number of benzene rings is 1. The van der Waals surface area contributed by atoms with Gasteiger partial charge in [-0.2, -0.15) is 4.39 Å². The Kier molecular flexibility index (Phi) is 3.08. The number of hydrogen-bond acceptors (Lipinski definition) is 2. The maximum Gasteiger partial charge on any atom is 0.203 e. The summed E-state index contributed by atoms with van der Waals surface area (Å²) >= 11 is 0.986. The molecule has 0 amide bonds. The van der Waals surface area contributed by atoms with Gasteiger partial charge in [-0.05, 0) is 12.3 Å². The van der Waals surface area contributed by atoms with Gasteiger partial charge in [0.05, 0.1) is 7.11 Å². The topological polar surface area (TPSA) is 9.23 Å². The first-order chi connectivity index (χ1) is 6.11. The van der Waals surface area contributed by atoms with Crippen LogP contribution in [0.15, 0.2) is 11.0 Å². The zero-order valence-corrected chi connectivity index (χ0v) is 7.84. The van der Waals surface area contributed by atoms with Crippen LogP contribution in [0.2, 0.25) is 0 Å². The SMILES string of the molecule is COc1cc(SC)c(F)c(F)c1F. The van der Waals surface area contributed by atoms with Crippen molar-refractivity contribution in [3.63, 3.8) is 0 Å². The first-order valence-corrected chi connectivity index (χ1v) is 4.59. The van der Waals surface area contributed by atoms with Crippen molar-refractivity contribution in [3.8, 4) is 5.75 Å². The minimum atomic E-state index is -1.50. The molecule has 1 aromatic rings. The van der Waals surface area contributed by atoms with Gasteiger partial charge in [-0.1, -0.05) is 0 Å².